The van der Waals surface area contributed by atoms with Crippen LogP contribution in [0.1, 0.15) is 25.7 Å². The molecule has 2 aliphatic rings. The smallest absolute Gasteiger partial charge is 0.242 e. The maximum Gasteiger partial charge on any atom is 0.242 e. The molecule has 2 rings (SSSR count). The van der Waals surface area contributed by atoms with E-state index < -0.39 is 5.54 Å². The Hall–Kier alpha value is -0.820. The quantitative estimate of drug-likeness (QED) is 0.696. The average molecular weight is 367 g/mol. The van der Waals surface area contributed by atoms with Crippen LogP contribution in [0.4, 0.5) is 0 Å². The molecule has 1 aliphatic heterocycles. The number of nitrogens with zero attached hydrogens (tertiary/aromatic N) is 2. The number of carbonyl (C=O) groups excluding carboxylic acids is 2. The SMILES string of the molecule is C=CCNC(=O)CN1CCN(C(=O)C2(N)CCCC2)CC1.Cl.Cl. The van der Waals surface area contributed by atoms with Crippen molar-refractivity contribution in [1.82, 2.24) is 15.1 Å². The molecule has 0 spiro atoms. The summed E-state index contributed by atoms with van der Waals surface area (Å²) in [5.74, 6) is 0.0940. The molecule has 1 saturated carbocycles. The first-order valence-electron chi connectivity index (χ1n) is 7.73. The van der Waals surface area contributed by atoms with E-state index in [0.29, 0.717) is 26.2 Å². The molecule has 1 aliphatic carbocycles. The largest absolute Gasteiger partial charge is 0.352 e. The molecule has 0 bridgehead atoms. The third-order valence-electron chi connectivity index (χ3n) is 4.39. The first-order valence-corrected chi connectivity index (χ1v) is 7.73. The van der Waals surface area contributed by atoms with Crippen LogP contribution in [-0.4, -0.2) is 66.4 Å². The van der Waals surface area contributed by atoms with Crippen molar-refractivity contribution in [1.29, 1.82) is 0 Å². The van der Waals surface area contributed by atoms with Gasteiger partial charge in [0.05, 0.1) is 12.1 Å². The van der Waals surface area contributed by atoms with E-state index in [2.05, 4.69) is 16.8 Å². The second-order valence-electron chi connectivity index (χ2n) is 6.02. The lowest BCUT2D eigenvalue weighted by Crippen LogP contribution is -2.59. The molecule has 8 heteroatoms. The van der Waals surface area contributed by atoms with Gasteiger partial charge in [-0.05, 0) is 12.8 Å². The molecule has 0 unspecified atom stereocenters. The van der Waals surface area contributed by atoms with E-state index in [4.69, 9.17) is 5.73 Å². The number of amides is 2. The van der Waals surface area contributed by atoms with Crippen molar-refractivity contribution in [3.63, 3.8) is 0 Å². The number of carbonyl (C=O) groups is 2. The summed E-state index contributed by atoms with van der Waals surface area (Å²) < 4.78 is 0. The Morgan fingerprint density at radius 1 is 1.13 bits per heavy atom. The van der Waals surface area contributed by atoms with Gasteiger partial charge in [-0.15, -0.1) is 31.4 Å². The molecule has 0 aromatic carbocycles. The third-order valence-corrected chi connectivity index (χ3v) is 4.39. The third kappa shape index (κ3) is 5.95. The van der Waals surface area contributed by atoms with Gasteiger partial charge in [-0.25, -0.2) is 0 Å². The maximum absolute atomic E-state index is 12.5. The van der Waals surface area contributed by atoms with Crippen molar-refractivity contribution in [2.75, 3.05) is 39.3 Å². The molecule has 3 N–H and O–H groups in total. The van der Waals surface area contributed by atoms with E-state index in [1.807, 2.05) is 4.90 Å². The van der Waals surface area contributed by atoms with Crippen molar-refractivity contribution in [2.45, 2.75) is 31.2 Å². The van der Waals surface area contributed by atoms with E-state index in [1.165, 1.54) is 0 Å². The molecular formula is C15H28Cl2N4O2. The lowest BCUT2D eigenvalue weighted by Gasteiger charge is -2.38. The van der Waals surface area contributed by atoms with E-state index in [0.717, 1.165) is 38.8 Å². The molecule has 134 valence electrons. The van der Waals surface area contributed by atoms with Crippen LogP contribution in [0.2, 0.25) is 0 Å². The molecule has 2 amide bonds. The Morgan fingerprint density at radius 2 is 1.70 bits per heavy atom. The summed E-state index contributed by atoms with van der Waals surface area (Å²) in [5, 5.41) is 2.77. The fourth-order valence-corrected chi connectivity index (χ4v) is 3.09. The summed E-state index contributed by atoms with van der Waals surface area (Å²) in [5.41, 5.74) is 5.59. The summed E-state index contributed by atoms with van der Waals surface area (Å²) in [6, 6.07) is 0. The van der Waals surface area contributed by atoms with Crippen LogP contribution in [0, 0.1) is 0 Å². The number of halogens is 2. The Balaban J connectivity index is 0.00000242. The molecule has 1 heterocycles. The number of rotatable bonds is 5. The zero-order valence-corrected chi connectivity index (χ0v) is 15.1. The number of hydrogen-bond acceptors (Lipinski definition) is 4. The monoisotopic (exact) mass is 366 g/mol. The highest BCUT2D eigenvalue weighted by molar-refractivity contribution is 5.86. The van der Waals surface area contributed by atoms with Gasteiger partial charge in [-0.3, -0.25) is 14.5 Å². The number of nitrogens with two attached hydrogens (primary N) is 1. The van der Waals surface area contributed by atoms with Crippen LogP contribution in [-0.2, 0) is 9.59 Å². The molecule has 0 radical (unpaired) electrons. The van der Waals surface area contributed by atoms with Crippen molar-refractivity contribution in [2.24, 2.45) is 5.73 Å². The number of hydrogen-bond donors (Lipinski definition) is 2. The summed E-state index contributed by atoms with van der Waals surface area (Å²) in [4.78, 5) is 28.1. The zero-order chi connectivity index (χ0) is 15.3. The van der Waals surface area contributed by atoms with Crippen molar-refractivity contribution in [3.8, 4) is 0 Å². The standard InChI is InChI=1S/C15H26N4O2.2ClH/c1-2-7-17-13(20)12-18-8-10-19(11-9-18)14(21)15(16)5-3-4-6-15;;/h2H,1,3-12,16H2,(H,17,20);2*1H. The normalized spacial score (nSPS) is 20.1. The highest BCUT2D eigenvalue weighted by atomic mass is 35.5. The summed E-state index contributed by atoms with van der Waals surface area (Å²) in [7, 11) is 0. The minimum atomic E-state index is -0.635. The van der Waals surface area contributed by atoms with Crippen LogP contribution in [0.5, 0.6) is 0 Å². The Morgan fingerprint density at radius 3 is 2.22 bits per heavy atom. The van der Waals surface area contributed by atoms with Crippen molar-refractivity contribution >= 4 is 36.6 Å². The predicted octanol–water partition coefficient (Wildman–Crippen LogP) is 0.548. The van der Waals surface area contributed by atoms with Crippen LogP contribution in [0.3, 0.4) is 0 Å². The number of piperazine rings is 1. The first-order chi connectivity index (χ1) is 10.0. The Bertz CT molecular complexity index is 406. The minimum absolute atomic E-state index is 0. The van der Waals surface area contributed by atoms with Crippen molar-refractivity contribution < 1.29 is 9.59 Å². The highest BCUT2D eigenvalue weighted by Gasteiger charge is 2.40. The summed E-state index contributed by atoms with van der Waals surface area (Å²) in [6.07, 6.45) is 5.36. The van der Waals surface area contributed by atoms with Crippen LogP contribution in [0.25, 0.3) is 0 Å². The molecule has 23 heavy (non-hydrogen) atoms. The van der Waals surface area contributed by atoms with Gasteiger partial charge in [0, 0.05) is 32.7 Å². The topological polar surface area (TPSA) is 78.7 Å². The van der Waals surface area contributed by atoms with Gasteiger partial charge in [-0.2, -0.15) is 0 Å². The lowest BCUT2D eigenvalue weighted by molar-refractivity contribution is -0.138. The highest BCUT2D eigenvalue weighted by Crippen LogP contribution is 2.29. The summed E-state index contributed by atoms with van der Waals surface area (Å²) in [6.45, 7) is 7.21. The van der Waals surface area contributed by atoms with E-state index in [1.54, 1.807) is 6.08 Å². The molecule has 0 aromatic heterocycles. The van der Waals surface area contributed by atoms with Gasteiger partial charge in [0.25, 0.3) is 0 Å². The average Bonchev–Trinajstić information content (AvgIpc) is 2.93. The lowest BCUT2D eigenvalue weighted by atomic mass is 9.97. The second kappa shape index (κ2) is 10.1. The molecule has 0 atom stereocenters. The van der Waals surface area contributed by atoms with Gasteiger partial charge < -0.3 is 16.0 Å². The van der Waals surface area contributed by atoms with Gasteiger partial charge in [0.15, 0.2) is 0 Å². The van der Waals surface area contributed by atoms with Gasteiger partial charge in [0.1, 0.15) is 0 Å². The van der Waals surface area contributed by atoms with Gasteiger partial charge in [0.2, 0.25) is 11.8 Å². The molecule has 2 fully saturated rings. The van der Waals surface area contributed by atoms with Crippen LogP contribution in [0.15, 0.2) is 12.7 Å². The van der Waals surface area contributed by atoms with Crippen LogP contribution < -0.4 is 11.1 Å². The van der Waals surface area contributed by atoms with Crippen LogP contribution >= 0.6 is 24.8 Å². The molecule has 1 saturated heterocycles. The molecular weight excluding hydrogens is 339 g/mol. The maximum atomic E-state index is 12.5. The van der Waals surface area contributed by atoms with E-state index >= 15 is 0 Å². The predicted molar refractivity (Wildman–Crippen MR) is 96.1 cm³/mol. The molecule has 6 nitrogen and oxygen atoms in total. The molecule has 0 aromatic rings. The Labute approximate surface area is 150 Å². The second-order valence-corrected chi connectivity index (χ2v) is 6.02. The van der Waals surface area contributed by atoms with Gasteiger partial charge in [-0.1, -0.05) is 18.9 Å². The number of nitrogens with one attached hydrogen (secondary N) is 1. The fraction of sp³-hybridized carbons (Fsp3) is 0.733. The van der Waals surface area contributed by atoms with E-state index in [-0.39, 0.29) is 36.6 Å². The Kier molecular flexibility index (Phi) is 9.77. The minimum Gasteiger partial charge on any atom is -0.352 e. The van der Waals surface area contributed by atoms with E-state index in [9.17, 15) is 9.59 Å². The first kappa shape index (κ1) is 22.2. The summed E-state index contributed by atoms with van der Waals surface area (Å²) >= 11 is 0. The fourth-order valence-electron chi connectivity index (χ4n) is 3.09. The van der Waals surface area contributed by atoms with Crippen molar-refractivity contribution in [3.05, 3.63) is 12.7 Å². The van der Waals surface area contributed by atoms with Gasteiger partial charge >= 0.3 is 0 Å². The zero-order valence-electron chi connectivity index (χ0n) is 13.5.